The Morgan fingerprint density at radius 3 is 2.48 bits per heavy atom. The Balaban J connectivity index is 2.36. The number of aromatic hydroxyl groups is 1. The van der Waals surface area contributed by atoms with Crippen LogP contribution in [0.15, 0.2) is 51.8 Å². The van der Waals surface area contributed by atoms with Gasteiger partial charge in [0.2, 0.25) is 0 Å². The lowest BCUT2D eigenvalue weighted by atomic mass is 10.2. The van der Waals surface area contributed by atoms with E-state index in [4.69, 9.17) is 16.3 Å². The van der Waals surface area contributed by atoms with Gasteiger partial charge in [-0.3, -0.25) is 0 Å². The van der Waals surface area contributed by atoms with Gasteiger partial charge in [-0.05, 0) is 24.3 Å². The topological polar surface area (TPSA) is 76.0 Å². The third-order valence-electron chi connectivity index (χ3n) is 2.70. The first-order valence-electron chi connectivity index (χ1n) is 5.86. The lowest BCUT2D eigenvalue weighted by Crippen LogP contribution is -1.98. The minimum absolute atomic E-state index is 0.0265. The van der Waals surface area contributed by atoms with Crippen molar-refractivity contribution in [2.75, 3.05) is 7.11 Å². The molecule has 1 N–H and O–H groups in total. The molecule has 0 fully saturated rings. The van der Waals surface area contributed by atoms with Gasteiger partial charge in [0.25, 0.3) is 10.0 Å². The maximum Gasteiger partial charge on any atom is 0.282 e. The first-order valence-corrected chi connectivity index (χ1v) is 7.68. The maximum atomic E-state index is 12.0. The van der Waals surface area contributed by atoms with E-state index in [0.29, 0.717) is 0 Å². The largest absolute Gasteiger partial charge is 0.503 e. The second-order valence-electron chi connectivity index (χ2n) is 4.04. The van der Waals surface area contributed by atoms with Crippen molar-refractivity contribution in [3.8, 4) is 11.5 Å². The quantitative estimate of drug-likeness (QED) is 0.877. The lowest BCUT2D eigenvalue weighted by Gasteiger charge is -2.06. The Kier molecular flexibility index (Phi) is 4.50. The standard InChI is InChI=1S/C14H12ClNO4S/c1-20-12-8-7-10(13(15)14(12)17)9-16-21(18,19)11-5-3-2-4-6-11/h2-9,17H,1H3/b16-9-. The van der Waals surface area contributed by atoms with Crippen LogP contribution < -0.4 is 4.74 Å². The molecule has 0 amide bonds. The van der Waals surface area contributed by atoms with Gasteiger partial charge in [0, 0.05) is 11.8 Å². The SMILES string of the molecule is COc1ccc(/C=N\S(=O)(=O)c2ccccc2)c(Cl)c1O. The van der Waals surface area contributed by atoms with Crippen LogP contribution in [0.3, 0.4) is 0 Å². The van der Waals surface area contributed by atoms with Gasteiger partial charge in [0.15, 0.2) is 11.5 Å². The number of methoxy groups -OCH3 is 1. The zero-order chi connectivity index (χ0) is 15.5. The second kappa shape index (κ2) is 6.15. The minimum Gasteiger partial charge on any atom is -0.503 e. The Morgan fingerprint density at radius 1 is 1.19 bits per heavy atom. The summed E-state index contributed by atoms with van der Waals surface area (Å²) in [7, 11) is -2.42. The highest BCUT2D eigenvalue weighted by Crippen LogP contribution is 2.35. The zero-order valence-electron chi connectivity index (χ0n) is 11.0. The molecule has 21 heavy (non-hydrogen) atoms. The predicted molar refractivity (Wildman–Crippen MR) is 80.9 cm³/mol. The molecule has 5 nitrogen and oxygen atoms in total. The van der Waals surface area contributed by atoms with E-state index in [0.717, 1.165) is 6.21 Å². The third kappa shape index (κ3) is 3.34. The average molecular weight is 326 g/mol. The lowest BCUT2D eigenvalue weighted by molar-refractivity contribution is 0.373. The average Bonchev–Trinajstić information content (AvgIpc) is 2.50. The van der Waals surface area contributed by atoms with Gasteiger partial charge in [0.1, 0.15) is 0 Å². The molecule has 0 heterocycles. The number of hydrogen-bond acceptors (Lipinski definition) is 4. The summed E-state index contributed by atoms with van der Waals surface area (Å²) in [5.41, 5.74) is 0.273. The Labute approximate surface area is 127 Å². The smallest absolute Gasteiger partial charge is 0.282 e. The van der Waals surface area contributed by atoms with E-state index >= 15 is 0 Å². The van der Waals surface area contributed by atoms with Crippen LogP contribution in [-0.2, 0) is 10.0 Å². The number of nitrogens with zero attached hydrogens (tertiary/aromatic N) is 1. The molecular formula is C14H12ClNO4S. The molecular weight excluding hydrogens is 314 g/mol. The number of benzene rings is 2. The monoisotopic (exact) mass is 325 g/mol. The van der Waals surface area contributed by atoms with Crippen molar-refractivity contribution in [2.24, 2.45) is 4.40 Å². The normalized spacial score (nSPS) is 11.7. The molecule has 2 aromatic rings. The van der Waals surface area contributed by atoms with Crippen LogP contribution >= 0.6 is 11.6 Å². The molecule has 2 aromatic carbocycles. The van der Waals surface area contributed by atoms with Crippen LogP contribution in [0, 0.1) is 0 Å². The summed E-state index contributed by atoms with van der Waals surface area (Å²) in [5, 5.41) is 9.73. The number of sulfonamides is 1. The predicted octanol–water partition coefficient (Wildman–Crippen LogP) is 2.86. The van der Waals surface area contributed by atoms with Gasteiger partial charge in [-0.1, -0.05) is 29.8 Å². The van der Waals surface area contributed by atoms with E-state index in [1.165, 1.54) is 31.4 Å². The third-order valence-corrected chi connectivity index (χ3v) is 4.35. The van der Waals surface area contributed by atoms with Crippen molar-refractivity contribution in [1.29, 1.82) is 0 Å². The molecule has 110 valence electrons. The molecule has 0 bridgehead atoms. The zero-order valence-corrected chi connectivity index (χ0v) is 12.6. The van der Waals surface area contributed by atoms with Crippen molar-refractivity contribution in [3.63, 3.8) is 0 Å². The minimum atomic E-state index is -3.81. The highest BCUT2D eigenvalue weighted by atomic mass is 35.5. The van der Waals surface area contributed by atoms with E-state index in [1.807, 2.05) is 0 Å². The molecule has 0 saturated heterocycles. The molecule has 0 aliphatic heterocycles. The molecule has 0 radical (unpaired) electrons. The number of halogens is 1. The first kappa shape index (κ1) is 15.3. The van der Waals surface area contributed by atoms with Crippen molar-refractivity contribution in [1.82, 2.24) is 0 Å². The summed E-state index contributed by atoms with van der Waals surface area (Å²) in [6, 6.07) is 10.8. The molecule has 0 aromatic heterocycles. The summed E-state index contributed by atoms with van der Waals surface area (Å²) < 4.78 is 32.5. The van der Waals surface area contributed by atoms with Crippen molar-refractivity contribution in [2.45, 2.75) is 4.90 Å². The van der Waals surface area contributed by atoms with Gasteiger partial charge >= 0.3 is 0 Å². The van der Waals surface area contributed by atoms with Crippen LogP contribution in [0.4, 0.5) is 0 Å². The summed E-state index contributed by atoms with van der Waals surface area (Å²) in [6.45, 7) is 0. The fraction of sp³-hybridized carbons (Fsp3) is 0.0714. The van der Waals surface area contributed by atoms with Gasteiger partial charge in [-0.15, -0.1) is 0 Å². The second-order valence-corrected chi connectivity index (χ2v) is 6.05. The summed E-state index contributed by atoms with van der Waals surface area (Å²) in [4.78, 5) is 0.0788. The van der Waals surface area contributed by atoms with Crippen molar-refractivity contribution in [3.05, 3.63) is 53.1 Å². The van der Waals surface area contributed by atoms with Gasteiger partial charge in [0.05, 0.1) is 17.0 Å². The van der Waals surface area contributed by atoms with E-state index in [2.05, 4.69) is 4.40 Å². The number of phenolic OH excluding ortho intramolecular Hbond substituents is 1. The fourth-order valence-electron chi connectivity index (χ4n) is 1.61. The Hall–Kier alpha value is -2.05. The highest BCUT2D eigenvalue weighted by molar-refractivity contribution is 7.90. The highest BCUT2D eigenvalue weighted by Gasteiger charge is 2.13. The van der Waals surface area contributed by atoms with Gasteiger partial charge in [-0.25, -0.2) is 0 Å². The molecule has 0 spiro atoms. The van der Waals surface area contributed by atoms with Crippen LogP contribution in [0.25, 0.3) is 0 Å². The molecule has 0 atom stereocenters. The number of ether oxygens (including phenoxy) is 1. The summed E-state index contributed by atoms with van der Waals surface area (Å²) in [6.07, 6.45) is 1.09. The van der Waals surface area contributed by atoms with Crippen LogP contribution in [0.1, 0.15) is 5.56 Å². The van der Waals surface area contributed by atoms with Crippen molar-refractivity contribution >= 4 is 27.8 Å². The number of rotatable bonds is 4. The summed E-state index contributed by atoms with van der Waals surface area (Å²) in [5.74, 6) is -0.0664. The molecule has 0 aliphatic carbocycles. The van der Waals surface area contributed by atoms with E-state index in [1.54, 1.807) is 18.2 Å². The van der Waals surface area contributed by atoms with Crippen LogP contribution in [-0.4, -0.2) is 26.8 Å². The molecule has 0 aliphatic rings. The maximum absolute atomic E-state index is 12.0. The fourth-order valence-corrected chi connectivity index (χ4v) is 2.69. The summed E-state index contributed by atoms with van der Waals surface area (Å²) >= 11 is 5.94. The number of phenols is 1. The molecule has 0 unspecified atom stereocenters. The molecule has 7 heteroatoms. The number of hydrogen-bond donors (Lipinski definition) is 1. The van der Waals surface area contributed by atoms with E-state index in [-0.39, 0.29) is 27.0 Å². The van der Waals surface area contributed by atoms with E-state index < -0.39 is 10.0 Å². The van der Waals surface area contributed by atoms with Crippen molar-refractivity contribution < 1.29 is 18.3 Å². The molecule has 2 rings (SSSR count). The van der Waals surface area contributed by atoms with Gasteiger partial charge in [-0.2, -0.15) is 12.8 Å². The van der Waals surface area contributed by atoms with Crippen LogP contribution in [0.5, 0.6) is 11.5 Å². The van der Waals surface area contributed by atoms with E-state index in [9.17, 15) is 13.5 Å². The first-order chi connectivity index (χ1) is 9.95. The van der Waals surface area contributed by atoms with Crippen LogP contribution in [0.2, 0.25) is 5.02 Å². The Bertz CT molecular complexity index is 773. The Morgan fingerprint density at radius 2 is 1.86 bits per heavy atom. The van der Waals surface area contributed by atoms with Gasteiger partial charge < -0.3 is 9.84 Å². The molecule has 0 saturated carbocycles.